The molecule has 122 valence electrons. The second-order valence-electron chi connectivity index (χ2n) is 5.40. The molecule has 1 aliphatic heterocycles. The molecule has 23 heavy (non-hydrogen) atoms. The maximum absolute atomic E-state index is 12.4. The van der Waals surface area contributed by atoms with Gasteiger partial charge in [0.2, 0.25) is 0 Å². The van der Waals surface area contributed by atoms with Crippen molar-refractivity contribution >= 4 is 17.7 Å². The summed E-state index contributed by atoms with van der Waals surface area (Å²) in [6.07, 6.45) is 6.82. The minimum Gasteiger partial charge on any atom is -0.339 e. The van der Waals surface area contributed by atoms with Crippen molar-refractivity contribution in [2.24, 2.45) is 0 Å². The third kappa shape index (κ3) is 4.52. The van der Waals surface area contributed by atoms with E-state index in [9.17, 15) is 4.79 Å². The number of likely N-dealkylation sites (tertiary alicyclic amines) is 1. The Hall–Kier alpha value is -1.93. The fourth-order valence-corrected chi connectivity index (χ4v) is 3.29. The highest BCUT2D eigenvalue weighted by Gasteiger charge is 2.23. The predicted molar refractivity (Wildman–Crippen MR) is 88.3 cm³/mol. The number of carbonyl (C=O) groups excluding carboxylic acids is 1. The molecule has 0 aromatic carbocycles. The van der Waals surface area contributed by atoms with Gasteiger partial charge in [0.15, 0.2) is 5.16 Å². The zero-order valence-electron chi connectivity index (χ0n) is 12.8. The van der Waals surface area contributed by atoms with Gasteiger partial charge >= 0.3 is 0 Å². The van der Waals surface area contributed by atoms with Crippen LogP contribution in [-0.4, -0.2) is 62.4 Å². The van der Waals surface area contributed by atoms with Crippen molar-refractivity contribution in [2.75, 3.05) is 25.4 Å². The highest BCUT2D eigenvalue weighted by molar-refractivity contribution is 7.99. The van der Waals surface area contributed by atoms with E-state index in [-0.39, 0.29) is 5.91 Å². The molecule has 0 spiro atoms. The number of aromatic nitrogens is 4. The first-order valence-corrected chi connectivity index (χ1v) is 8.72. The van der Waals surface area contributed by atoms with E-state index in [4.69, 9.17) is 0 Å². The molecule has 2 N–H and O–H groups in total. The Morgan fingerprint density at radius 1 is 1.35 bits per heavy atom. The molecular weight excluding hydrogens is 312 g/mol. The van der Waals surface area contributed by atoms with Crippen LogP contribution in [0.4, 0.5) is 0 Å². The second-order valence-corrected chi connectivity index (χ2v) is 6.48. The Bertz CT molecular complexity index is 598. The average Bonchev–Trinajstić information content (AvgIpc) is 3.13. The van der Waals surface area contributed by atoms with E-state index in [1.807, 2.05) is 4.90 Å². The maximum atomic E-state index is 12.4. The molecule has 0 unspecified atom stereocenters. The zero-order valence-corrected chi connectivity index (χ0v) is 13.6. The molecule has 1 amide bonds. The van der Waals surface area contributed by atoms with Crippen LogP contribution in [0.15, 0.2) is 36.0 Å². The van der Waals surface area contributed by atoms with Gasteiger partial charge in [0.05, 0.1) is 0 Å². The summed E-state index contributed by atoms with van der Waals surface area (Å²) in [4.78, 5) is 22.3. The standard InChI is InChI=1S/C15H20N6OS/c22-14(12-1-5-16-6-2-12)21-8-3-13(4-9-21)17-7-10-23-15-18-11-19-20-15/h1-2,5-6,11,13,17H,3-4,7-10H2,(H,18,19,20). The maximum Gasteiger partial charge on any atom is 0.253 e. The summed E-state index contributed by atoms with van der Waals surface area (Å²) in [6.45, 7) is 2.52. The first-order valence-electron chi connectivity index (χ1n) is 7.74. The molecular formula is C15H20N6OS. The molecule has 1 saturated heterocycles. The number of hydrogen-bond donors (Lipinski definition) is 2. The van der Waals surface area contributed by atoms with Crippen LogP contribution >= 0.6 is 11.8 Å². The van der Waals surface area contributed by atoms with Gasteiger partial charge in [-0.15, -0.1) is 0 Å². The van der Waals surface area contributed by atoms with Gasteiger partial charge in [0.25, 0.3) is 5.91 Å². The molecule has 0 bridgehead atoms. The SMILES string of the molecule is O=C(c1ccncc1)N1CCC(NCCSc2ncn[nH]2)CC1. The molecule has 0 atom stereocenters. The largest absolute Gasteiger partial charge is 0.339 e. The van der Waals surface area contributed by atoms with Gasteiger partial charge in [-0.3, -0.25) is 14.9 Å². The van der Waals surface area contributed by atoms with E-state index in [1.54, 1.807) is 36.3 Å². The van der Waals surface area contributed by atoms with Crippen LogP contribution in [0.5, 0.6) is 0 Å². The van der Waals surface area contributed by atoms with E-state index in [0.717, 1.165) is 48.9 Å². The Balaban J connectivity index is 1.36. The summed E-state index contributed by atoms with van der Waals surface area (Å²) in [5.41, 5.74) is 0.717. The van der Waals surface area contributed by atoms with Crippen LogP contribution in [0.1, 0.15) is 23.2 Å². The summed E-state index contributed by atoms with van der Waals surface area (Å²) in [5, 5.41) is 11.1. The van der Waals surface area contributed by atoms with Crippen molar-refractivity contribution in [1.29, 1.82) is 0 Å². The molecule has 0 saturated carbocycles. The fraction of sp³-hybridized carbons (Fsp3) is 0.467. The average molecular weight is 332 g/mol. The lowest BCUT2D eigenvalue weighted by molar-refractivity contribution is 0.0706. The summed E-state index contributed by atoms with van der Waals surface area (Å²) >= 11 is 1.66. The van der Waals surface area contributed by atoms with Gasteiger partial charge in [-0.25, -0.2) is 4.98 Å². The topological polar surface area (TPSA) is 86.8 Å². The van der Waals surface area contributed by atoms with Crippen molar-refractivity contribution < 1.29 is 4.79 Å². The van der Waals surface area contributed by atoms with Crippen LogP contribution in [0.2, 0.25) is 0 Å². The first kappa shape index (κ1) is 15.9. The number of piperidine rings is 1. The quantitative estimate of drug-likeness (QED) is 0.610. The summed E-state index contributed by atoms with van der Waals surface area (Å²) in [6, 6.07) is 4.02. The number of nitrogens with one attached hydrogen (secondary N) is 2. The van der Waals surface area contributed by atoms with E-state index >= 15 is 0 Å². The van der Waals surface area contributed by atoms with Crippen LogP contribution in [0.25, 0.3) is 0 Å². The molecule has 0 aliphatic carbocycles. The Morgan fingerprint density at radius 2 is 2.13 bits per heavy atom. The number of thioether (sulfide) groups is 1. The summed E-state index contributed by atoms with van der Waals surface area (Å²) in [7, 11) is 0. The lowest BCUT2D eigenvalue weighted by Gasteiger charge is -2.32. The number of aromatic amines is 1. The lowest BCUT2D eigenvalue weighted by atomic mass is 10.0. The first-order chi connectivity index (χ1) is 11.3. The van der Waals surface area contributed by atoms with Gasteiger partial charge in [-0.1, -0.05) is 11.8 Å². The molecule has 1 aliphatic rings. The normalized spacial score (nSPS) is 15.7. The molecule has 0 radical (unpaired) electrons. The number of rotatable bonds is 6. The Labute approximate surface area is 139 Å². The molecule has 8 heteroatoms. The molecule has 2 aromatic rings. The van der Waals surface area contributed by atoms with Gasteiger partial charge in [0, 0.05) is 49.4 Å². The van der Waals surface area contributed by atoms with Crippen LogP contribution < -0.4 is 5.32 Å². The fourth-order valence-electron chi connectivity index (χ4n) is 2.64. The summed E-state index contributed by atoms with van der Waals surface area (Å²) < 4.78 is 0. The van der Waals surface area contributed by atoms with E-state index < -0.39 is 0 Å². The third-order valence-corrected chi connectivity index (χ3v) is 4.75. The predicted octanol–water partition coefficient (Wildman–Crippen LogP) is 1.19. The van der Waals surface area contributed by atoms with Crippen molar-refractivity contribution in [2.45, 2.75) is 24.0 Å². The number of pyridine rings is 1. The van der Waals surface area contributed by atoms with Crippen molar-refractivity contribution in [1.82, 2.24) is 30.4 Å². The van der Waals surface area contributed by atoms with Gasteiger partial charge in [-0.05, 0) is 25.0 Å². The van der Waals surface area contributed by atoms with E-state index in [1.165, 1.54) is 6.33 Å². The zero-order chi connectivity index (χ0) is 15.9. The monoisotopic (exact) mass is 332 g/mol. The highest BCUT2D eigenvalue weighted by Crippen LogP contribution is 2.14. The van der Waals surface area contributed by atoms with Crippen LogP contribution in [-0.2, 0) is 0 Å². The molecule has 2 aromatic heterocycles. The number of H-pyrrole nitrogens is 1. The van der Waals surface area contributed by atoms with E-state index in [2.05, 4.69) is 25.5 Å². The van der Waals surface area contributed by atoms with Crippen molar-refractivity contribution in [3.8, 4) is 0 Å². The minimum absolute atomic E-state index is 0.103. The number of amides is 1. The molecule has 3 rings (SSSR count). The Morgan fingerprint density at radius 3 is 2.83 bits per heavy atom. The van der Waals surface area contributed by atoms with Crippen LogP contribution in [0.3, 0.4) is 0 Å². The van der Waals surface area contributed by atoms with Gasteiger partial charge in [0.1, 0.15) is 6.33 Å². The van der Waals surface area contributed by atoms with Crippen molar-refractivity contribution in [3.05, 3.63) is 36.4 Å². The number of nitrogens with zero attached hydrogens (tertiary/aromatic N) is 4. The smallest absolute Gasteiger partial charge is 0.253 e. The highest BCUT2D eigenvalue weighted by atomic mass is 32.2. The third-order valence-electron chi connectivity index (χ3n) is 3.88. The number of hydrogen-bond acceptors (Lipinski definition) is 6. The minimum atomic E-state index is 0.103. The molecule has 7 nitrogen and oxygen atoms in total. The lowest BCUT2D eigenvalue weighted by Crippen LogP contribution is -2.45. The summed E-state index contributed by atoms with van der Waals surface area (Å²) in [5.74, 6) is 1.05. The van der Waals surface area contributed by atoms with Crippen molar-refractivity contribution in [3.63, 3.8) is 0 Å². The molecule has 1 fully saturated rings. The Kier molecular flexibility index (Phi) is 5.60. The van der Waals surface area contributed by atoms with Gasteiger partial charge in [-0.2, -0.15) is 5.10 Å². The van der Waals surface area contributed by atoms with E-state index in [0.29, 0.717) is 6.04 Å². The van der Waals surface area contributed by atoms with Gasteiger partial charge < -0.3 is 10.2 Å². The number of carbonyl (C=O) groups is 1. The van der Waals surface area contributed by atoms with Crippen LogP contribution in [0, 0.1) is 0 Å². The molecule has 3 heterocycles. The second kappa shape index (κ2) is 8.07.